The zero-order chi connectivity index (χ0) is 66.6. The van der Waals surface area contributed by atoms with Crippen molar-refractivity contribution >= 4 is 61.7 Å². The van der Waals surface area contributed by atoms with Crippen LogP contribution in [0, 0.1) is 6.92 Å². The number of ether oxygens (including phenoxy) is 5. The number of imidazole rings is 1. The second kappa shape index (κ2) is 31.0. The lowest BCUT2D eigenvalue weighted by Crippen LogP contribution is -2.38. The van der Waals surface area contributed by atoms with E-state index in [1.165, 1.54) is 93.9 Å². The molecule has 3 aromatic heterocycles. The van der Waals surface area contributed by atoms with Gasteiger partial charge in [0.2, 0.25) is 0 Å². The van der Waals surface area contributed by atoms with Crippen molar-refractivity contribution in [3.05, 3.63) is 235 Å². The molecular formula is C66H70Cl2N8O16P2. The highest BCUT2D eigenvalue weighted by atomic mass is 35.5. The number of benzene rings is 6. The van der Waals surface area contributed by atoms with Crippen LogP contribution in [0.2, 0.25) is 10.0 Å². The van der Waals surface area contributed by atoms with E-state index >= 15 is 4.57 Å². The first-order valence-electron chi connectivity index (χ1n) is 30.1. The third-order valence-electron chi connectivity index (χ3n) is 15.7. The van der Waals surface area contributed by atoms with Crippen molar-refractivity contribution < 1.29 is 65.1 Å². The van der Waals surface area contributed by atoms with E-state index in [9.17, 15) is 23.8 Å². The first-order valence-corrected chi connectivity index (χ1v) is 33.8. The Kier molecular flexibility index (Phi) is 22.7. The number of carbonyl (C=O) groups is 1. The number of fused-ring (bicyclic) bond motifs is 1. The van der Waals surface area contributed by atoms with Gasteiger partial charge >= 0.3 is 21.3 Å². The van der Waals surface area contributed by atoms with Gasteiger partial charge in [-0.1, -0.05) is 117 Å². The SMILES string of the molecule is CCN(CC)CC.COc1ccc(C(OC[C@H]2O[C@@H](n3cnc4c(NC(=O)c5ccccc5)ncnc43)C[C@@H]2OP(=O)(OC[C@H]2O[C@@H](n3cc(C)c(=O)[nH]c3=O)C[C@@H]2OP(=O)(O)Oc2ccc(Cl)cc2)Oc2ccc(Cl)cc2)(c2ccccc2)c2ccc(OC)cc2)cc1. The van der Waals surface area contributed by atoms with Crippen molar-refractivity contribution in [2.45, 2.75) is 83.0 Å². The molecule has 24 nitrogen and oxygen atoms in total. The third-order valence-corrected chi connectivity index (χ3v) is 18.6. The van der Waals surface area contributed by atoms with Crippen LogP contribution < -0.4 is 35.1 Å². The number of hydrogen-bond donors (Lipinski definition) is 3. The van der Waals surface area contributed by atoms with Crippen molar-refractivity contribution in [2.24, 2.45) is 0 Å². The Morgan fingerprint density at radius 2 is 1.18 bits per heavy atom. The number of phosphoric acid groups is 2. The minimum atomic E-state index is -5.04. The molecule has 8 atom stereocenters. The van der Waals surface area contributed by atoms with Gasteiger partial charge in [0.05, 0.1) is 33.8 Å². The maximum Gasteiger partial charge on any atom is 0.530 e. The fourth-order valence-corrected chi connectivity index (χ4v) is 13.5. The fourth-order valence-electron chi connectivity index (χ4n) is 10.8. The molecule has 94 heavy (non-hydrogen) atoms. The summed E-state index contributed by atoms with van der Waals surface area (Å²) >= 11 is 12.4. The topological polar surface area (TPSA) is 277 Å². The third kappa shape index (κ3) is 16.5. The summed E-state index contributed by atoms with van der Waals surface area (Å²) in [5.41, 5.74) is 0.203. The summed E-state index contributed by atoms with van der Waals surface area (Å²) in [5.74, 6) is 0.789. The lowest BCUT2D eigenvalue weighted by molar-refractivity contribution is -0.0936. The van der Waals surface area contributed by atoms with E-state index in [2.05, 4.69) is 50.9 Å². The summed E-state index contributed by atoms with van der Waals surface area (Å²) in [6.07, 6.45) is -3.91. The number of H-pyrrole nitrogens is 1. The van der Waals surface area contributed by atoms with Crippen LogP contribution in [-0.2, 0) is 42.5 Å². The lowest BCUT2D eigenvalue weighted by atomic mass is 9.80. The molecule has 0 spiro atoms. The highest BCUT2D eigenvalue weighted by molar-refractivity contribution is 7.49. The molecule has 494 valence electrons. The maximum absolute atomic E-state index is 15.9. The Labute approximate surface area is 551 Å². The number of anilines is 1. The number of rotatable bonds is 26. The highest BCUT2D eigenvalue weighted by Gasteiger charge is 2.49. The average Bonchev–Trinajstić information content (AvgIpc) is 0.911. The summed E-state index contributed by atoms with van der Waals surface area (Å²) in [6, 6.07) is 44.3. The summed E-state index contributed by atoms with van der Waals surface area (Å²) in [5, 5.41) is 3.48. The van der Waals surface area contributed by atoms with Crippen LogP contribution in [0.1, 0.15) is 78.7 Å². The molecule has 6 aromatic carbocycles. The van der Waals surface area contributed by atoms with Gasteiger partial charge in [-0.2, -0.15) is 0 Å². The average molecular weight is 1360 g/mol. The number of aryl methyl sites for hydroxylation is 1. The van der Waals surface area contributed by atoms with Crippen LogP contribution in [0.25, 0.3) is 11.2 Å². The summed E-state index contributed by atoms with van der Waals surface area (Å²) < 4.78 is 94.5. The van der Waals surface area contributed by atoms with Gasteiger partial charge in [-0.15, -0.1) is 0 Å². The molecule has 0 radical (unpaired) electrons. The predicted octanol–water partition coefficient (Wildman–Crippen LogP) is 12.3. The van der Waals surface area contributed by atoms with Gasteiger partial charge < -0.3 is 42.9 Å². The highest BCUT2D eigenvalue weighted by Crippen LogP contribution is 2.56. The van der Waals surface area contributed by atoms with Gasteiger partial charge in [-0.05, 0) is 128 Å². The van der Waals surface area contributed by atoms with E-state index in [1.807, 2.05) is 78.9 Å². The Hall–Kier alpha value is -8.06. The molecule has 2 saturated heterocycles. The molecule has 0 bridgehead atoms. The van der Waals surface area contributed by atoms with Crippen LogP contribution in [-0.4, -0.2) is 116 Å². The molecule has 0 aliphatic carbocycles. The number of amides is 1. The van der Waals surface area contributed by atoms with Crippen molar-refractivity contribution in [1.29, 1.82) is 0 Å². The molecule has 0 saturated carbocycles. The number of methoxy groups -OCH3 is 2. The Bertz CT molecular complexity index is 4160. The molecule has 2 aliphatic rings. The van der Waals surface area contributed by atoms with Gasteiger partial charge in [0.15, 0.2) is 17.0 Å². The number of nitrogens with one attached hydrogen (secondary N) is 2. The van der Waals surface area contributed by atoms with Gasteiger partial charge in [0.25, 0.3) is 11.5 Å². The molecule has 5 heterocycles. The number of nitrogens with zero attached hydrogens (tertiary/aromatic N) is 6. The monoisotopic (exact) mass is 1360 g/mol. The minimum Gasteiger partial charge on any atom is -0.497 e. The van der Waals surface area contributed by atoms with Crippen molar-refractivity contribution in [2.75, 3.05) is 52.4 Å². The number of aromatic nitrogens is 6. The molecule has 2 aliphatic heterocycles. The predicted molar refractivity (Wildman–Crippen MR) is 352 cm³/mol. The number of halogens is 2. The van der Waals surface area contributed by atoms with Crippen molar-refractivity contribution in [3.63, 3.8) is 0 Å². The second-order valence-corrected chi connectivity index (χ2v) is 25.3. The largest absolute Gasteiger partial charge is 0.530 e. The molecule has 11 rings (SSSR count). The van der Waals surface area contributed by atoms with Gasteiger partial charge in [-0.25, -0.2) is 28.9 Å². The molecule has 28 heteroatoms. The number of phosphoric ester groups is 2. The molecular weight excluding hydrogens is 1290 g/mol. The van der Waals surface area contributed by atoms with E-state index in [1.54, 1.807) is 49.1 Å². The van der Waals surface area contributed by atoms with Gasteiger partial charge in [0.1, 0.15) is 71.8 Å². The standard InChI is InChI=1S/C60H55Cl2N7O16P2.C6H15N/c1-37-32-68(59(72)67-57(37)70)52-30-48(84-86(73,74)82-46-26-18-42(61)19-27-46)51(81-52)34-79-87(75,83-47-28-20-43(62)21-29-47)85-49-31-53(69-36-65-54-55(63-35-64-56(54)69)66-58(71)38-10-6-4-7-11-38)80-50(49)33-78-60(39-12-8-5-9-13-39,40-14-22-44(76-2)23-15-40)41-16-24-45(77-3)25-17-41;1-4-7(5-2)6-3/h4-29,32,35-36,48-53H,30-31,33-34H2,1-3H3,(H,73,74)(H,67,70,72)(H,63,64,66,71);4-6H2,1-3H3/t48-,49-,50+,51+,52+,53+,87?;/m0./s1. The van der Waals surface area contributed by atoms with Crippen LogP contribution in [0.3, 0.4) is 0 Å². The van der Waals surface area contributed by atoms with E-state index in [4.69, 9.17) is 69.5 Å². The Morgan fingerprint density at radius 3 is 1.73 bits per heavy atom. The molecule has 2 unspecified atom stereocenters. The summed E-state index contributed by atoms with van der Waals surface area (Å²) in [4.78, 5) is 68.5. The maximum atomic E-state index is 15.9. The molecule has 2 fully saturated rings. The van der Waals surface area contributed by atoms with Crippen molar-refractivity contribution in [1.82, 2.24) is 34.0 Å². The zero-order valence-electron chi connectivity index (χ0n) is 52.1. The van der Waals surface area contributed by atoms with E-state index in [0.29, 0.717) is 43.8 Å². The number of aromatic amines is 1. The van der Waals surface area contributed by atoms with Crippen LogP contribution in [0.15, 0.2) is 186 Å². The molecule has 1 amide bonds. The minimum absolute atomic E-state index is 0.0139. The quantitative estimate of drug-likeness (QED) is 0.0335. The Balaban J connectivity index is 0.00000130. The van der Waals surface area contributed by atoms with E-state index in [-0.39, 0.29) is 53.5 Å². The number of carbonyl (C=O) groups excluding carboxylic acids is 1. The van der Waals surface area contributed by atoms with Crippen molar-refractivity contribution in [3.8, 4) is 23.0 Å². The Morgan fingerprint density at radius 1 is 0.670 bits per heavy atom. The smallest absolute Gasteiger partial charge is 0.497 e. The van der Waals surface area contributed by atoms with Crippen LogP contribution in [0.4, 0.5) is 5.82 Å². The van der Waals surface area contributed by atoms with Gasteiger partial charge in [-0.3, -0.25) is 42.2 Å². The number of hydrogen-bond acceptors (Lipinski definition) is 19. The van der Waals surface area contributed by atoms with E-state index in [0.717, 1.165) is 4.57 Å². The second-order valence-electron chi connectivity index (χ2n) is 21.6. The van der Waals surface area contributed by atoms with E-state index < -0.39 is 81.9 Å². The normalized spacial score (nSPS) is 19.2. The van der Waals surface area contributed by atoms with Crippen LogP contribution in [0.5, 0.6) is 23.0 Å². The first kappa shape index (κ1) is 68.8. The summed E-state index contributed by atoms with van der Waals surface area (Å²) in [7, 11) is -6.94. The zero-order valence-corrected chi connectivity index (χ0v) is 55.4. The van der Waals surface area contributed by atoms with Gasteiger partial charge in [0, 0.05) is 40.2 Å². The lowest BCUT2D eigenvalue weighted by Gasteiger charge is -2.37. The van der Waals surface area contributed by atoms with Crippen LogP contribution >= 0.6 is 38.8 Å². The molecule has 3 N–H and O–H groups in total. The first-order chi connectivity index (χ1) is 45.3. The fraction of sp³-hybridized carbons (Fsp3) is 0.303. The summed E-state index contributed by atoms with van der Waals surface area (Å²) in [6.45, 7) is 10.6. The molecule has 9 aromatic rings.